The summed E-state index contributed by atoms with van der Waals surface area (Å²) >= 11 is 1.98. The van der Waals surface area contributed by atoms with Gasteiger partial charge in [-0.1, -0.05) is 19.3 Å². The number of carbonyl (C=O) groups is 2. The number of hydrogen-bond donors (Lipinski definition) is 3. The second kappa shape index (κ2) is 7.11. The van der Waals surface area contributed by atoms with Crippen molar-refractivity contribution in [2.75, 3.05) is 0 Å². The van der Waals surface area contributed by atoms with E-state index in [1.54, 1.807) is 12.1 Å². The lowest BCUT2D eigenvalue weighted by atomic mass is 9.94. The Kier molecular flexibility index (Phi) is 5.44. The van der Waals surface area contributed by atoms with E-state index in [9.17, 15) is 19.8 Å². The third-order valence-electron chi connectivity index (χ3n) is 3.86. The summed E-state index contributed by atoms with van der Waals surface area (Å²) < 4.78 is 0.669. The number of carboxylic acids is 1. The predicted octanol–water partition coefficient (Wildman–Crippen LogP) is 2.76. The van der Waals surface area contributed by atoms with Gasteiger partial charge in [-0.25, -0.2) is 0 Å². The third kappa shape index (κ3) is 4.09. The maximum absolute atomic E-state index is 12.2. The van der Waals surface area contributed by atoms with Gasteiger partial charge in [0.25, 0.3) is 5.91 Å². The zero-order chi connectivity index (χ0) is 15.4. The van der Waals surface area contributed by atoms with E-state index in [1.165, 1.54) is 6.07 Å². The maximum Gasteiger partial charge on any atom is 0.308 e. The Morgan fingerprint density at radius 2 is 1.90 bits per heavy atom. The summed E-state index contributed by atoms with van der Waals surface area (Å²) in [7, 11) is 0. The van der Waals surface area contributed by atoms with Crippen LogP contribution in [-0.4, -0.2) is 28.1 Å². The number of amides is 1. The number of carboxylic acid groups (broad SMARTS) is 1. The maximum atomic E-state index is 12.2. The Labute approximate surface area is 136 Å². The first-order chi connectivity index (χ1) is 9.99. The molecular formula is C15H18INO4. The van der Waals surface area contributed by atoms with Gasteiger partial charge in [-0.05, 0) is 53.6 Å². The summed E-state index contributed by atoms with van der Waals surface area (Å²) in [6.45, 7) is 0. The van der Waals surface area contributed by atoms with Crippen LogP contribution in [0.2, 0.25) is 0 Å². The van der Waals surface area contributed by atoms with Crippen LogP contribution in [0.25, 0.3) is 0 Å². The Morgan fingerprint density at radius 1 is 1.19 bits per heavy atom. The highest BCUT2D eigenvalue weighted by atomic mass is 127. The van der Waals surface area contributed by atoms with E-state index in [0.29, 0.717) is 22.0 Å². The Balaban J connectivity index is 2.12. The lowest BCUT2D eigenvalue weighted by Crippen LogP contribution is -2.42. The first kappa shape index (κ1) is 16.1. The molecule has 1 aromatic carbocycles. The van der Waals surface area contributed by atoms with Gasteiger partial charge in [-0.2, -0.15) is 0 Å². The van der Waals surface area contributed by atoms with Gasteiger partial charge in [0.1, 0.15) is 5.75 Å². The molecule has 1 aliphatic carbocycles. The summed E-state index contributed by atoms with van der Waals surface area (Å²) in [5.74, 6) is -1.67. The smallest absolute Gasteiger partial charge is 0.308 e. The quantitative estimate of drug-likeness (QED) is 0.535. The fourth-order valence-corrected chi connectivity index (χ4v) is 3.02. The van der Waals surface area contributed by atoms with E-state index in [4.69, 9.17) is 0 Å². The van der Waals surface area contributed by atoms with Gasteiger partial charge >= 0.3 is 5.97 Å². The minimum atomic E-state index is -0.854. The second-order valence-electron chi connectivity index (χ2n) is 5.33. The molecule has 0 radical (unpaired) electrons. The number of aliphatic carboxylic acids is 1. The number of rotatable bonds is 3. The number of carbonyl (C=O) groups excluding carboxylic acids is 1. The molecule has 0 saturated heterocycles. The van der Waals surface area contributed by atoms with E-state index in [1.807, 2.05) is 22.6 Å². The van der Waals surface area contributed by atoms with E-state index in [2.05, 4.69) is 5.32 Å². The van der Waals surface area contributed by atoms with Crippen molar-refractivity contribution in [2.24, 2.45) is 5.92 Å². The Morgan fingerprint density at radius 3 is 2.57 bits per heavy atom. The van der Waals surface area contributed by atoms with Crippen LogP contribution in [-0.2, 0) is 4.79 Å². The van der Waals surface area contributed by atoms with Crippen LogP contribution < -0.4 is 5.32 Å². The van der Waals surface area contributed by atoms with E-state index in [-0.39, 0.29) is 17.7 Å². The average molecular weight is 403 g/mol. The van der Waals surface area contributed by atoms with Crippen LogP contribution in [0.1, 0.15) is 42.5 Å². The highest BCUT2D eigenvalue weighted by Gasteiger charge is 2.30. The lowest BCUT2D eigenvalue weighted by Gasteiger charge is -2.23. The molecule has 1 amide bonds. The van der Waals surface area contributed by atoms with Gasteiger partial charge in [-0.3, -0.25) is 9.59 Å². The van der Waals surface area contributed by atoms with Crippen molar-refractivity contribution < 1.29 is 19.8 Å². The summed E-state index contributed by atoms with van der Waals surface area (Å²) in [4.78, 5) is 23.6. The van der Waals surface area contributed by atoms with Gasteiger partial charge in [0.2, 0.25) is 0 Å². The molecule has 1 fully saturated rings. The summed E-state index contributed by atoms with van der Waals surface area (Å²) in [5, 5.41) is 21.8. The molecule has 21 heavy (non-hydrogen) atoms. The standard InChI is InChI=1S/C15H18INO4/c16-11-7-6-9(8-13(11)18)14(19)17-12-5-3-1-2-4-10(12)15(20)21/h6-8,10,12,18H,1-5H2,(H,17,19)(H,20,21). The second-order valence-corrected chi connectivity index (χ2v) is 6.49. The first-order valence-electron chi connectivity index (χ1n) is 7.01. The fraction of sp³-hybridized carbons (Fsp3) is 0.467. The summed E-state index contributed by atoms with van der Waals surface area (Å²) in [5.41, 5.74) is 0.348. The molecule has 0 spiro atoms. The molecule has 3 N–H and O–H groups in total. The highest BCUT2D eigenvalue weighted by molar-refractivity contribution is 14.1. The molecule has 0 bridgehead atoms. The number of benzene rings is 1. The molecule has 2 atom stereocenters. The van der Waals surface area contributed by atoms with Crippen molar-refractivity contribution >= 4 is 34.5 Å². The van der Waals surface area contributed by atoms with Gasteiger partial charge in [0.05, 0.1) is 9.49 Å². The normalized spacial score (nSPS) is 22.3. The molecule has 6 heteroatoms. The van der Waals surface area contributed by atoms with Crippen molar-refractivity contribution in [3.8, 4) is 5.75 Å². The fourth-order valence-electron chi connectivity index (χ4n) is 2.68. The number of phenolic OH excluding ortho intramolecular Hbond substituents is 1. The minimum Gasteiger partial charge on any atom is -0.507 e. The summed E-state index contributed by atoms with van der Waals surface area (Å²) in [6.07, 6.45) is 4.08. The van der Waals surface area contributed by atoms with E-state index in [0.717, 1.165) is 19.3 Å². The first-order valence-corrected chi connectivity index (χ1v) is 8.09. The van der Waals surface area contributed by atoms with Gasteiger partial charge in [-0.15, -0.1) is 0 Å². The largest absolute Gasteiger partial charge is 0.507 e. The van der Waals surface area contributed by atoms with Crippen molar-refractivity contribution in [3.63, 3.8) is 0 Å². The number of phenols is 1. The lowest BCUT2D eigenvalue weighted by molar-refractivity contribution is -0.142. The van der Waals surface area contributed by atoms with Crippen LogP contribution in [0.15, 0.2) is 18.2 Å². The van der Waals surface area contributed by atoms with Crippen LogP contribution >= 0.6 is 22.6 Å². The van der Waals surface area contributed by atoms with Crippen LogP contribution in [0.3, 0.4) is 0 Å². The van der Waals surface area contributed by atoms with E-state index >= 15 is 0 Å². The van der Waals surface area contributed by atoms with Crippen molar-refractivity contribution in [2.45, 2.75) is 38.1 Å². The molecule has 0 aliphatic heterocycles. The number of nitrogens with one attached hydrogen (secondary N) is 1. The van der Waals surface area contributed by atoms with Gasteiger partial charge < -0.3 is 15.5 Å². The number of halogens is 1. The molecule has 1 aromatic rings. The minimum absolute atomic E-state index is 0.0545. The zero-order valence-electron chi connectivity index (χ0n) is 11.5. The monoisotopic (exact) mass is 403 g/mol. The number of aromatic hydroxyl groups is 1. The van der Waals surface area contributed by atoms with Crippen LogP contribution in [0.4, 0.5) is 0 Å². The van der Waals surface area contributed by atoms with Gasteiger partial charge in [0, 0.05) is 11.6 Å². The molecule has 1 saturated carbocycles. The molecular weight excluding hydrogens is 385 g/mol. The van der Waals surface area contributed by atoms with Crippen LogP contribution in [0, 0.1) is 9.49 Å². The van der Waals surface area contributed by atoms with Crippen molar-refractivity contribution in [3.05, 3.63) is 27.3 Å². The van der Waals surface area contributed by atoms with Crippen LogP contribution in [0.5, 0.6) is 5.75 Å². The third-order valence-corrected chi connectivity index (χ3v) is 4.77. The highest BCUT2D eigenvalue weighted by Crippen LogP contribution is 2.25. The molecule has 0 aromatic heterocycles. The zero-order valence-corrected chi connectivity index (χ0v) is 13.7. The molecule has 114 valence electrons. The molecule has 2 unspecified atom stereocenters. The number of hydrogen-bond acceptors (Lipinski definition) is 3. The molecule has 2 rings (SSSR count). The average Bonchev–Trinajstić information content (AvgIpc) is 2.67. The van der Waals surface area contributed by atoms with Crippen molar-refractivity contribution in [1.29, 1.82) is 0 Å². The van der Waals surface area contributed by atoms with Gasteiger partial charge in [0.15, 0.2) is 0 Å². The molecule has 0 heterocycles. The molecule has 5 nitrogen and oxygen atoms in total. The summed E-state index contributed by atoms with van der Waals surface area (Å²) in [6, 6.07) is 4.35. The SMILES string of the molecule is O=C(NC1CCCCCC1C(=O)O)c1ccc(I)c(O)c1. The Bertz CT molecular complexity index is 546. The predicted molar refractivity (Wildman–Crippen MR) is 86.3 cm³/mol. The topological polar surface area (TPSA) is 86.6 Å². The Hall–Kier alpha value is -1.31. The van der Waals surface area contributed by atoms with E-state index < -0.39 is 11.9 Å². The van der Waals surface area contributed by atoms with Crippen molar-refractivity contribution in [1.82, 2.24) is 5.32 Å². The molecule has 1 aliphatic rings.